The smallest absolute Gasteiger partial charge is 0.125 e. The summed E-state index contributed by atoms with van der Waals surface area (Å²) in [5.41, 5.74) is 0. The number of aliphatic hydroxyl groups excluding tert-OH is 1. The first-order valence-corrected chi connectivity index (χ1v) is 12.1. The van der Waals surface area contributed by atoms with Crippen molar-refractivity contribution in [2.45, 2.75) is 142 Å². The van der Waals surface area contributed by atoms with Gasteiger partial charge in [0.1, 0.15) is 12.4 Å². The highest BCUT2D eigenvalue weighted by atomic mass is 16.3. The van der Waals surface area contributed by atoms with E-state index in [1.807, 2.05) is 24.2 Å². The van der Waals surface area contributed by atoms with Crippen LogP contribution in [0.1, 0.15) is 129 Å². The summed E-state index contributed by atoms with van der Waals surface area (Å²) in [6, 6.07) is 0. The summed E-state index contributed by atoms with van der Waals surface area (Å²) in [5, 5.41) is 13.0. The average molecular weight is 381 g/mol. The van der Waals surface area contributed by atoms with Crippen molar-refractivity contribution in [3.05, 3.63) is 12.4 Å². The molecule has 0 aliphatic carbocycles. The molecule has 0 aromatic heterocycles. The molecule has 0 fully saturated rings. The van der Waals surface area contributed by atoms with Gasteiger partial charge in [-0.3, -0.25) is 0 Å². The van der Waals surface area contributed by atoms with Gasteiger partial charge in [-0.1, -0.05) is 110 Å². The number of unbranched alkanes of at least 4 members (excludes halogenated alkanes) is 16. The second-order valence-electron chi connectivity index (χ2n) is 8.52. The zero-order chi connectivity index (χ0) is 19.6. The van der Waals surface area contributed by atoms with Crippen LogP contribution in [0.15, 0.2) is 12.4 Å². The zero-order valence-electron chi connectivity index (χ0n) is 18.4. The molecule has 1 heterocycles. The molecule has 3 heteroatoms. The first kappa shape index (κ1) is 24.3. The molecule has 0 amide bonds. The van der Waals surface area contributed by atoms with Gasteiger partial charge in [-0.25, -0.2) is 0 Å². The summed E-state index contributed by atoms with van der Waals surface area (Å²) in [7, 11) is 0. The minimum atomic E-state index is -0.396. The molecule has 2 atom stereocenters. The molecule has 2 N–H and O–H groups in total. The number of rotatable bonds is 19. The Labute approximate surface area is 170 Å². The van der Waals surface area contributed by atoms with Gasteiger partial charge in [-0.05, 0) is 19.8 Å². The maximum atomic E-state index is 9.70. The lowest BCUT2D eigenvalue weighted by Gasteiger charge is -2.28. The number of nitrogens with zero attached hydrogens (tertiary/aromatic N) is 1. The van der Waals surface area contributed by atoms with Crippen molar-refractivity contribution in [2.75, 3.05) is 0 Å². The molecule has 0 radical (unpaired) electrons. The van der Waals surface area contributed by atoms with Crippen LogP contribution >= 0.6 is 0 Å². The molecule has 0 saturated carbocycles. The fraction of sp³-hybridized carbons (Fsp3) is 0.917. The molecule has 3 nitrogen and oxygen atoms in total. The van der Waals surface area contributed by atoms with Gasteiger partial charge < -0.3 is 15.3 Å². The van der Waals surface area contributed by atoms with Gasteiger partial charge in [-0.15, -0.1) is 0 Å². The van der Waals surface area contributed by atoms with E-state index in [-0.39, 0.29) is 0 Å². The summed E-state index contributed by atoms with van der Waals surface area (Å²) in [6.07, 6.45) is 29.0. The number of hydrogen-bond acceptors (Lipinski definition) is 3. The lowest BCUT2D eigenvalue weighted by atomic mass is 10.0. The minimum absolute atomic E-state index is 0.293. The summed E-state index contributed by atoms with van der Waals surface area (Å²) in [5.74, 6) is 0. The SMILES string of the molecule is CCCCCCCCCCCCCCCCCCCC1NC=CN1C(C)O. The maximum Gasteiger partial charge on any atom is 0.125 e. The highest BCUT2D eigenvalue weighted by molar-refractivity contribution is 4.94. The second kappa shape index (κ2) is 17.4. The summed E-state index contributed by atoms with van der Waals surface area (Å²) in [6.45, 7) is 4.12. The highest BCUT2D eigenvalue weighted by Gasteiger charge is 2.20. The predicted octanol–water partition coefficient (Wildman–Crippen LogP) is 7.07. The molecular formula is C24H48N2O. The Hall–Kier alpha value is -0.700. The number of nitrogens with one attached hydrogen (secondary N) is 1. The van der Waals surface area contributed by atoms with Gasteiger partial charge in [0.15, 0.2) is 0 Å². The maximum absolute atomic E-state index is 9.70. The fourth-order valence-electron chi connectivity index (χ4n) is 4.11. The molecule has 0 aromatic rings. The van der Waals surface area contributed by atoms with Crippen LogP contribution in [0.2, 0.25) is 0 Å². The van der Waals surface area contributed by atoms with E-state index in [9.17, 15) is 5.11 Å². The van der Waals surface area contributed by atoms with Crippen molar-refractivity contribution in [3.8, 4) is 0 Å². The van der Waals surface area contributed by atoms with Gasteiger partial charge in [0.2, 0.25) is 0 Å². The molecule has 0 spiro atoms. The fourth-order valence-corrected chi connectivity index (χ4v) is 4.11. The van der Waals surface area contributed by atoms with E-state index in [1.165, 1.54) is 109 Å². The third-order valence-corrected chi connectivity index (χ3v) is 5.91. The zero-order valence-corrected chi connectivity index (χ0v) is 18.4. The minimum Gasteiger partial charge on any atom is -0.374 e. The van der Waals surface area contributed by atoms with E-state index in [0.29, 0.717) is 6.17 Å². The molecule has 1 rings (SSSR count). The van der Waals surface area contributed by atoms with E-state index in [4.69, 9.17) is 0 Å². The molecular weight excluding hydrogens is 332 g/mol. The lowest BCUT2D eigenvalue weighted by molar-refractivity contribution is 0.0254. The molecule has 1 aliphatic rings. The summed E-state index contributed by atoms with van der Waals surface area (Å²) in [4.78, 5) is 2.01. The lowest BCUT2D eigenvalue weighted by Crippen LogP contribution is -2.40. The molecule has 2 unspecified atom stereocenters. The van der Waals surface area contributed by atoms with Crippen LogP contribution < -0.4 is 5.32 Å². The van der Waals surface area contributed by atoms with Crippen LogP contribution in [0, 0.1) is 0 Å². The van der Waals surface area contributed by atoms with E-state index < -0.39 is 6.23 Å². The third kappa shape index (κ3) is 13.2. The molecule has 0 bridgehead atoms. The first-order valence-electron chi connectivity index (χ1n) is 12.1. The van der Waals surface area contributed by atoms with Gasteiger partial charge in [0.05, 0.1) is 0 Å². The monoisotopic (exact) mass is 380 g/mol. The van der Waals surface area contributed by atoms with Crippen molar-refractivity contribution in [3.63, 3.8) is 0 Å². The van der Waals surface area contributed by atoms with Crippen LogP contribution in [-0.4, -0.2) is 22.4 Å². The van der Waals surface area contributed by atoms with Gasteiger partial charge in [0.25, 0.3) is 0 Å². The second-order valence-corrected chi connectivity index (χ2v) is 8.52. The van der Waals surface area contributed by atoms with Gasteiger partial charge >= 0.3 is 0 Å². The Morgan fingerprint density at radius 3 is 1.56 bits per heavy atom. The van der Waals surface area contributed by atoms with E-state index in [2.05, 4.69) is 12.2 Å². The van der Waals surface area contributed by atoms with Crippen molar-refractivity contribution >= 4 is 0 Å². The van der Waals surface area contributed by atoms with E-state index >= 15 is 0 Å². The van der Waals surface area contributed by atoms with Gasteiger partial charge in [-0.2, -0.15) is 0 Å². The highest BCUT2D eigenvalue weighted by Crippen LogP contribution is 2.17. The predicted molar refractivity (Wildman–Crippen MR) is 118 cm³/mol. The van der Waals surface area contributed by atoms with Crippen LogP contribution in [0.25, 0.3) is 0 Å². The quantitative estimate of drug-likeness (QED) is 0.235. The van der Waals surface area contributed by atoms with Crippen molar-refractivity contribution in [1.82, 2.24) is 10.2 Å². The Morgan fingerprint density at radius 1 is 0.741 bits per heavy atom. The normalized spacial score (nSPS) is 17.4. The average Bonchev–Trinajstić information content (AvgIpc) is 3.13. The summed E-state index contributed by atoms with van der Waals surface area (Å²) < 4.78 is 0. The number of aliphatic hydroxyl groups is 1. The van der Waals surface area contributed by atoms with Crippen molar-refractivity contribution in [1.29, 1.82) is 0 Å². The molecule has 1 aliphatic heterocycles. The summed E-state index contributed by atoms with van der Waals surface area (Å²) >= 11 is 0. The third-order valence-electron chi connectivity index (χ3n) is 5.91. The van der Waals surface area contributed by atoms with Crippen LogP contribution in [-0.2, 0) is 0 Å². The van der Waals surface area contributed by atoms with Crippen LogP contribution in [0.3, 0.4) is 0 Å². The van der Waals surface area contributed by atoms with Crippen LogP contribution in [0.5, 0.6) is 0 Å². The van der Waals surface area contributed by atoms with Crippen LogP contribution in [0.4, 0.5) is 0 Å². The van der Waals surface area contributed by atoms with Crippen molar-refractivity contribution in [2.24, 2.45) is 0 Å². The molecule has 27 heavy (non-hydrogen) atoms. The Morgan fingerprint density at radius 2 is 1.15 bits per heavy atom. The Bertz CT molecular complexity index is 343. The van der Waals surface area contributed by atoms with Gasteiger partial charge in [0, 0.05) is 12.4 Å². The molecule has 160 valence electrons. The Kier molecular flexibility index (Phi) is 15.7. The van der Waals surface area contributed by atoms with Crippen molar-refractivity contribution < 1.29 is 5.11 Å². The Balaban J connectivity index is 1.73. The largest absolute Gasteiger partial charge is 0.374 e. The van der Waals surface area contributed by atoms with E-state index in [0.717, 1.165) is 6.42 Å². The van der Waals surface area contributed by atoms with E-state index in [1.54, 1.807) is 0 Å². The topological polar surface area (TPSA) is 35.5 Å². The standard InChI is InChI=1S/C24H48N2O/c1-3-4-5-6-7-8-9-10-11-12-13-14-15-16-17-18-19-20-24-25-21-22-26(24)23(2)27/h21-25,27H,3-20H2,1-2H3. The first-order chi connectivity index (χ1) is 13.3. The molecule has 0 aromatic carbocycles. The number of hydrogen-bond donors (Lipinski definition) is 2. The molecule has 0 saturated heterocycles.